The molecule has 0 bridgehead atoms. The number of aromatic nitrogens is 2. The second-order valence-corrected chi connectivity index (χ2v) is 13.4. The molecule has 0 atom stereocenters. The molecular weight excluding hydrogens is 543 g/mol. The summed E-state index contributed by atoms with van der Waals surface area (Å²) in [6.07, 6.45) is 3.40. The predicted octanol–water partition coefficient (Wildman–Crippen LogP) is 6.64. The number of pyridine rings is 1. The lowest BCUT2D eigenvalue weighted by Gasteiger charge is -2.38. The first kappa shape index (κ1) is 28.6. The van der Waals surface area contributed by atoms with Gasteiger partial charge in [-0.15, -0.1) is 0 Å². The molecule has 1 amide bonds. The number of sulfonamides is 1. The Morgan fingerprint density at radius 2 is 1.90 bits per heavy atom. The van der Waals surface area contributed by atoms with E-state index in [2.05, 4.69) is 23.6 Å². The van der Waals surface area contributed by atoms with Crippen LogP contribution >= 0.6 is 0 Å². The first-order valence-electron chi connectivity index (χ1n) is 13.7. The second kappa shape index (κ2) is 11.2. The van der Waals surface area contributed by atoms with Gasteiger partial charge in [0.2, 0.25) is 0 Å². The fraction of sp³-hybridized carbons (Fsp3) is 0.355. The number of halogens is 1. The molecule has 220 valence electrons. The molecule has 10 heteroatoms. The zero-order valence-electron chi connectivity index (χ0n) is 23.7. The number of amides is 1. The molecule has 41 heavy (non-hydrogen) atoms. The standard InChI is InChI=1S/C31H35FN4O4S.2H2/c1-20(2)19-40-23-17-21(16-22(32)18-23)26-9-8-25(29(34-26)36-14-11-31(3,4)12-15-36)30(37)35-41(38,39)28-7-5-6-27-24(28)10-13-33-27;;/h5-10,13,16-18,20,33H,11-12,14-15,19H2,1-4H3,(H,35,37);2*1H. The van der Waals surface area contributed by atoms with E-state index >= 15 is 0 Å². The molecule has 1 saturated heterocycles. The molecule has 0 radical (unpaired) electrons. The number of benzene rings is 2. The van der Waals surface area contributed by atoms with Crippen LogP contribution in [0.2, 0.25) is 0 Å². The van der Waals surface area contributed by atoms with Gasteiger partial charge in [0.1, 0.15) is 17.4 Å². The van der Waals surface area contributed by atoms with Crippen molar-refractivity contribution in [2.75, 3.05) is 24.6 Å². The van der Waals surface area contributed by atoms with E-state index in [4.69, 9.17) is 9.72 Å². The molecule has 1 fully saturated rings. The zero-order chi connectivity index (χ0) is 29.4. The lowest BCUT2D eigenvalue weighted by atomic mass is 9.82. The number of ether oxygens (including phenoxy) is 1. The van der Waals surface area contributed by atoms with Crippen molar-refractivity contribution in [1.82, 2.24) is 14.7 Å². The van der Waals surface area contributed by atoms with E-state index in [1.165, 1.54) is 18.2 Å². The van der Waals surface area contributed by atoms with Crippen molar-refractivity contribution in [2.45, 2.75) is 45.4 Å². The van der Waals surface area contributed by atoms with Crippen LogP contribution in [0.25, 0.3) is 22.2 Å². The lowest BCUT2D eigenvalue weighted by molar-refractivity contribution is 0.0981. The van der Waals surface area contributed by atoms with Crippen molar-refractivity contribution in [3.63, 3.8) is 0 Å². The summed E-state index contributed by atoms with van der Waals surface area (Å²) in [5.74, 6) is -0.219. The van der Waals surface area contributed by atoms with Crippen molar-refractivity contribution < 1.29 is 25.2 Å². The van der Waals surface area contributed by atoms with Gasteiger partial charge < -0.3 is 14.6 Å². The third-order valence-electron chi connectivity index (χ3n) is 7.36. The van der Waals surface area contributed by atoms with Crippen LogP contribution in [-0.4, -0.2) is 44.0 Å². The topological polar surface area (TPSA) is 104 Å². The van der Waals surface area contributed by atoms with Crippen molar-refractivity contribution in [1.29, 1.82) is 0 Å². The van der Waals surface area contributed by atoms with Gasteiger partial charge in [-0.25, -0.2) is 22.5 Å². The number of nitrogens with one attached hydrogen (secondary N) is 2. The fourth-order valence-corrected chi connectivity index (χ4v) is 6.12. The molecular formula is C31H39FN4O4S. The molecule has 0 saturated carbocycles. The monoisotopic (exact) mass is 582 g/mol. The summed E-state index contributed by atoms with van der Waals surface area (Å²) < 4.78 is 49.2. The van der Waals surface area contributed by atoms with Crippen LogP contribution in [0.3, 0.4) is 0 Å². The number of nitrogens with zero attached hydrogens (tertiary/aromatic N) is 2. The molecule has 5 rings (SSSR count). The minimum atomic E-state index is -4.19. The molecule has 2 aromatic carbocycles. The highest BCUT2D eigenvalue weighted by molar-refractivity contribution is 7.90. The summed E-state index contributed by atoms with van der Waals surface area (Å²) in [5.41, 5.74) is 1.87. The molecule has 8 nitrogen and oxygen atoms in total. The Hall–Kier alpha value is -3.92. The summed E-state index contributed by atoms with van der Waals surface area (Å²) >= 11 is 0. The Morgan fingerprint density at radius 1 is 1.15 bits per heavy atom. The quantitative estimate of drug-likeness (QED) is 0.241. The average molecular weight is 583 g/mol. The Kier molecular flexibility index (Phi) is 7.78. The van der Waals surface area contributed by atoms with Gasteiger partial charge >= 0.3 is 0 Å². The van der Waals surface area contributed by atoms with E-state index < -0.39 is 21.7 Å². The van der Waals surface area contributed by atoms with Gasteiger partial charge in [-0.05, 0) is 66.6 Å². The summed E-state index contributed by atoms with van der Waals surface area (Å²) in [6.45, 7) is 10.1. The molecule has 0 spiro atoms. The number of aromatic amines is 1. The number of carbonyl (C=O) groups excluding carboxylic acids is 1. The molecule has 3 heterocycles. The molecule has 0 unspecified atom stereocenters. The van der Waals surface area contributed by atoms with E-state index in [1.54, 1.807) is 42.6 Å². The summed E-state index contributed by atoms with van der Waals surface area (Å²) in [6, 6.07) is 14.1. The van der Waals surface area contributed by atoms with Crippen LogP contribution in [0.5, 0.6) is 5.75 Å². The van der Waals surface area contributed by atoms with Crippen LogP contribution in [0.4, 0.5) is 10.2 Å². The molecule has 2 aromatic heterocycles. The Morgan fingerprint density at radius 3 is 2.63 bits per heavy atom. The average Bonchev–Trinajstić information content (AvgIpc) is 3.40. The van der Waals surface area contributed by atoms with Crippen molar-refractivity contribution in [3.05, 3.63) is 72.2 Å². The maximum absolute atomic E-state index is 14.6. The van der Waals surface area contributed by atoms with Gasteiger partial charge in [-0.1, -0.05) is 33.8 Å². The summed E-state index contributed by atoms with van der Waals surface area (Å²) in [5, 5.41) is 0.487. The van der Waals surface area contributed by atoms with Gasteiger partial charge in [0, 0.05) is 44.7 Å². The number of hydrogen-bond acceptors (Lipinski definition) is 6. The van der Waals surface area contributed by atoms with E-state index in [0.717, 1.165) is 12.8 Å². The van der Waals surface area contributed by atoms with Gasteiger partial charge in [-0.2, -0.15) is 0 Å². The van der Waals surface area contributed by atoms with Gasteiger partial charge in [0.25, 0.3) is 15.9 Å². The smallest absolute Gasteiger partial charge is 0.268 e. The van der Waals surface area contributed by atoms with Crippen LogP contribution < -0.4 is 14.4 Å². The van der Waals surface area contributed by atoms with Crippen LogP contribution in [0.15, 0.2) is 65.7 Å². The minimum Gasteiger partial charge on any atom is -0.493 e. The normalized spacial score (nSPS) is 15.3. The van der Waals surface area contributed by atoms with Crippen LogP contribution in [0.1, 0.15) is 53.7 Å². The van der Waals surface area contributed by atoms with Crippen LogP contribution in [-0.2, 0) is 10.0 Å². The largest absolute Gasteiger partial charge is 0.493 e. The van der Waals surface area contributed by atoms with Gasteiger partial charge in [-0.3, -0.25) is 4.79 Å². The first-order chi connectivity index (χ1) is 19.4. The molecule has 4 aromatic rings. The molecule has 1 aliphatic heterocycles. The fourth-order valence-electron chi connectivity index (χ4n) is 4.93. The molecule has 0 aliphatic carbocycles. The van der Waals surface area contributed by atoms with E-state index in [1.807, 2.05) is 18.7 Å². The zero-order valence-corrected chi connectivity index (χ0v) is 24.5. The predicted molar refractivity (Wildman–Crippen MR) is 162 cm³/mol. The highest BCUT2D eigenvalue weighted by Crippen LogP contribution is 2.35. The van der Waals surface area contributed by atoms with E-state index in [-0.39, 0.29) is 24.6 Å². The number of hydrogen-bond donors (Lipinski definition) is 2. The van der Waals surface area contributed by atoms with Crippen molar-refractivity contribution >= 4 is 32.7 Å². The number of H-pyrrole nitrogens is 1. The maximum atomic E-state index is 14.6. The highest BCUT2D eigenvalue weighted by Gasteiger charge is 2.30. The Bertz CT molecular complexity index is 1700. The second-order valence-electron chi connectivity index (χ2n) is 11.7. The van der Waals surface area contributed by atoms with Crippen molar-refractivity contribution in [2.24, 2.45) is 11.3 Å². The van der Waals surface area contributed by atoms with E-state index in [0.29, 0.717) is 53.4 Å². The van der Waals surface area contributed by atoms with Crippen LogP contribution in [0, 0.1) is 17.2 Å². The SMILES string of the molecule is CC(C)COc1cc(F)cc(-c2ccc(C(=O)NS(=O)(=O)c3cccc4[nH]ccc34)c(N3CCC(C)(C)CC3)n2)c1.[HH].[HH]. The Labute approximate surface area is 243 Å². The van der Waals surface area contributed by atoms with Crippen molar-refractivity contribution in [3.8, 4) is 17.0 Å². The number of fused-ring (bicyclic) bond motifs is 1. The maximum Gasteiger partial charge on any atom is 0.268 e. The highest BCUT2D eigenvalue weighted by atomic mass is 32.2. The summed E-state index contributed by atoms with van der Waals surface area (Å²) in [7, 11) is -4.19. The molecule has 1 aliphatic rings. The first-order valence-corrected chi connectivity index (χ1v) is 15.2. The number of anilines is 1. The Balaban J connectivity index is 0.00000253. The van der Waals surface area contributed by atoms with Gasteiger partial charge in [0.05, 0.1) is 22.8 Å². The van der Waals surface area contributed by atoms with E-state index in [9.17, 15) is 17.6 Å². The number of carbonyl (C=O) groups is 1. The van der Waals surface area contributed by atoms with Gasteiger partial charge in [0.15, 0.2) is 0 Å². The third kappa shape index (κ3) is 6.37. The number of piperidine rings is 1. The molecule has 2 N–H and O–H groups in total. The lowest BCUT2D eigenvalue weighted by Crippen LogP contribution is -2.39. The minimum absolute atomic E-state index is 0. The third-order valence-corrected chi connectivity index (χ3v) is 8.75. The number of rotatable bonds is 8. The summed E-state index contributed by atoms with van der Waals surface area (Å²) in [4.78, 5) is 23.4.